The maximum absolute atomic E-state index is 9.04. The number of rotatable bonds is 4. The van der Waals surface area contributed by atoms with Gasteiger partial charge in [-0.3, -0.25) is 0 Å². The summed E-state index contributed by atoms with van der Waals surface area (Å²) in [6.07, 6.45) is 8.75. The molecular formula is C9H14O. The first kappa shape index (κ1) is 9.02. The van der Waals surface area contributed by atoms with Crippen molar-refractivity contribution in [3.63, 3.8) is 0 Å². The van der Waals surface area contributed by atoms with Gasteiger partial charge >= 0.3 is 0 Å². The fourth-order valence-corrected chi connectivity index (χ4v) is 0.527. The third-order valence-electron chi connectivity index (χ3n) is 1.05. The molecule has 0 unspecified atom stereocenters. The van der Waals surface area contributed by atoms with E-state index in [2.05, 4.69) is 13.5 Å². The molecule has 0 amide bonds. The van der Waals surface area contributed by atoms with Crippen LogP contribution in [0.3, 0.4) is 0 Å². The van der Waals surface area contributed by atoms with Crippen molar-refractivity contribution in [2.45, 2.75) is 19.8 Å². The molecule has 0 aromatic carbocycles. The van der Waals surface area contributed by atoms with Crippen molar-refractivity contribution in [2.24, 2.45) is 0 Å². The number of hydrogen-bond donors (Lipinski definition) is 1. The molecule has 0 rings (SSSR count). The van der Waals surface area contributed by atoms with Crippen LogP contribution >= 0.6 is 0 Å². The van der Waals surface area contributed by atoms with Crippen molar-refractivity contribution in [1.29, 1.82) is 0 Å². The van der Waals surface area contributed by atoms with Gasteiger partial charge in [-0.2, -0.15) is 0 Å². The Bertz CT molecular complexity index is 143. The van der Waals surface area contributed by atoms with Crippen LogP contribution in [0.1, 0.15) is 19.8 Å². The molecule has 0 heterocycles. The average molecular weight is 138 g/mol. The van der Waals surface area contributed by atoms with Gasteiger partial charge in [-0.25, -0.2) is 0 Å². The Morgan fingerprint density at radius 2 is 2.30 bits per heavy atom. The minimum atomic E-state index is 0.321. The summed E-state index contributed by atoms with van der Waals surface area (Å²) in [5, 5.41) is 9.04. The minimum absolute atomic E-state index is 0.321. The number of allylic oxidation sites excluding steroid dienone is 4. The van der Waals surface area contributed by atoms with E-state index in [0.717, 1.165) is 12.8 Å². The summed E-state index contributed by atoms with van der Waals surface area (Å²) in [6.45, 7) is 5.56. The molecule has 0 aliphatic heterocycles. The maximum atomic E-state index is 9.04. The topological polar surface area (TPSA) is 20.2 Å². The number of aliphatic hydroxyl groups excluding tert-OH is 1. The second kappa shape index (κ2) is 6.14. The van der Waals surface area contributed by atoms with Crippen LogP contribution in [0.2, 0.25) is 0 Å². The summed E-state index contributed by atoms with van der Waals surface area (Å²) in [4.78, 5) is 0. The van der Waals surface area contributed by atoms with Gasteiger partial charge in [-0.15, -0.1) is 0 Å². The van der Waals surface area contributed by atoms with Gasteiger partial charge in [0, 0.05) is 0 Å². The molecule has 1 nitrogen and oxygen atoms in total. The Labute approximate surface area is 62.4 Å². The highest BCUT2D eigenvalue weighted by atomic mass is 16.3. The molecule has 1 heteroatoms. The Hall–Kier alpha value is -0.980. The van der Waals surface area contributed by atoms with Crippen LogP contribution in [0.5, 0.6) is 0 Å². The first-order valence-corrected chi connectivity index (χ1v) is 3.49. The van der Waals surface area contributed by atoms with Crippen LogP contribution in [-0.2, 0) is 0 Å². The predicted octanol–water partition coefficient (Wildman–Crippen LogP) is 2.97. The summed E-state index contributed by atoms with van der Waals surface area (Å²) in [6, 6.07) is 0. The first-order valence-electron chi connectivity index (χ1n) is 3.49. The highest BCUT2D eigenvalue weighted by Crippen LogP contribution is 1.96. The van der Waals surface area contributed by atoms with Gasteiger partial charge in [0.05, 0.1) is 0 Å². The number of unbranched alkanes of at least 4 members (excludes halogenated alkanes) is 1. The number of aliphatic hydroxyl groups is 1. The van der Waals surface area contributed by atoms with E-state index in [4.69, 9.17) is 5.11 Å². The van der Waals surface area contributed by atoms with Gasteiger partial charge in [-0.05, 0) is 18.6 Å². The average Bonchev–Trinajstić information content (AvgIpc) is 1.97. The Morgan fingerprint density at radius 3 is 2.80 bits per heavy atom. The largest absolute Gasteiger partial charge is 0.508 e. The predicted molar refractivity (Wildman–Crippen MR) is 45.0 cm³/mol. The third kappa shape index (κ3) is 5.16. The molecule has 0 atom stereocenters. The normalized spacial score (nSPS) is 12.3. The summed E-state index contributed by atoms with van der Waals surface area (Å²) < 4.78 is 0. The zero-order valence-electron chi connectivity index (χ0n) is 6.38. The Balaban J connectivity index is 3.69. The third-order valence-corrected chi connectivity index (χ3v) is 1.05. The molecule has 56 valence electrons. The molecule has 0 fully saturated rings. The van der Waals surface area contributed by atoms with Crippen molar-refractivity contribution in [3.8, 4) is 0 Å². The number of hydrogen-bond acceptors (Lipinski definition) is 1. The fraction of sp³-hybridized carbons (Fsp3) is 0.333. The molecule has 0 aromatic heterocycles. The SMILES string of the molecule is C=C/C=C\C(O)=C/CCC. The molecular weight excluding hydrogens is 124 g/mol. The molecule has 0 spiro atoms. The van der Waals surface area contributed by atoms with Crippen LogP contribution in [-0.4, -0.2) is 5.11 Å². The van der Waals surface area contributed by atoms with E-state index in [9.17, 15) is 0 Å². The van der Waals surface area contributed by atoms with Crippen molar-refractivity contribution in [1.82, 2.24) is 0 Å². The van der Waals surface area contributed by atoms with E-state index < -0.39 is 0 Å². The lowest BCUT2D eigenvalue weighted by atomic mass is 10.3. The van der Waals surface area contributed by atoms with Crippen molar-refractivity contribution < 1.29 is 5.11 Å². The van der Waals surface area contributed by atoms with E-state index in [1.165, 1.54) is 0 Å². The summed E-state index contributed by atoms with van der Waals surface area (Å²) in [5.74, 6) is 0.321. The maximum Gasteiger partial charge on any atom is 0.111 e. The Kier molecular flexibility index (Phi) is 5.54. The lowest BCUT2D eigenvalue weighted by Gasteiger charge is -1.88. The highest BCUT2D eigenvalue weighted by Gasteiger charge is 1.81. The van der Waals surface area contributed by atoms with Crippen molar-refractivity contribution >= 4 is 0 Å². The molecule has 0 saturated heterocycles. The second-order valence-electron chi connectivity index (χ2n) is 2.01. The lowest BCUT2D eigenvalue weighted by Crippen LogP contribution is -1.72. The van der Waals surface area contributed by atoms with Gasteiger partial charge < -0.3 is 5.11 Å². The molecule has 1 N–H and O–H groups in total. The van der Waals surface area contributed by atoms with Gasteiger partial charge in [0.25, 0.3) is 0 Å². The summed E-state index contributed by atoms with van der Waals surface area (Å²) in [5.41, 5.74) is 0. The Morgan fingerprint density at radius 1 is 1.60 bits per heavy atom. The monoisotopic (exact) mass is 138 g/mol. The summed E-state index contributed by atoms with van der Waals surface area (Å²) in [7, 11) is 0. The first-order chi connectivity index (χ1) is 4.81. The molecule has 0 radical (unpaired) electrons. The molecule has 0 aromatic rings. The highest BCUT2D eigenvalue weighted by molar-refractivity contribution is 5.14. The quantitative estimate of drug-likeness (QED) is 0.467. The van der Waals surface area contributed by atoms with E-state index in [1.54, 1.807) is 24.3 Å². The summed E-state index contributed by atoms with van der Waals surface area (Å²) >= 11 is 0. The van der Waals surface area contributed by atoms with Gasteiger partial charge in [0.15, 0.2) is 0 Å². The smallest absolute Gasteiger partial charge is 0.111 e. The van der Waals surface area contributed by atoms with Crippen molar-refractivity contribution in [2.75, 3.05) is 0 Å². The van der Waals surface area contributed by atoms with Crippen LogP contribution < -0.4 is 0 Å². The van der Waals surface area contributed by atoms with Crippen LogP contribution in [0.25, 0.3) is 0 Å². The van der Waals surface area contributed by atoms with Crippen LogP contribution in [0.4, 0.5) is 0 Å². The lowest BCUT2D eigenvalue weighted by molar-refractivity contribution is 0.429. The van der Waals surface area contributed by atoms with Gasteiger partial charge in [0.1, 0.15) is 5.76 Å². The van der Waals surface area contributed by atoms with E-state index in [0.29, 0.717) is 5.76 Å². The molecule has 0 saturated carbocycles. The van der Waals surface area contributed by atoms with Crippen LogP contribution in [0.15, 0.2) is 36.6 Å². The van der Waals surface area contributed by atoms with Crippen molar-refractivity contribution in [3.05, 3.63) is 36.6 Å². The fourth-order valence-electron chi connectivity index (χ4n) is 0.527. The standard InChI is InChI=1S/C9H14O/c1-3-5-7-9(10)8-6-4-2/h3,5,7-8,10H,1,4,6H2,2H3/b7-5-,9-8+. The zero-order valence-corrected chi connectivity index (χ0v) is 6.38. The molecule has 10 heavy (non-hydrogen) atoms. The minimum Gasteiger partial charge on any atom is -0.508 e. The zero-order chi connectivity index (χ0) is 7.82. The molecule has 0 aliphatic rings. The van der Waals surface area contributed by atoms with Crippen LogP contribution in [0, 0.1) is 0 Å². The van der Waals surface area contributed by atoms with E-state index in [1.807, 2.05) is 0 Å². The second-order valence-corrected chi connectivity index (χ2v) is 2.01. The van der Waals surface area contributed by atoms with E-state index in [-0.39, 0.29) is 0 Å². The van der Waals surface area contributed by atoms with Gasteiger partial charge in [-0.1, -0.05) is 32.1 Å². The van der Waals surface area contributed by atoms with E-state index >= 15 is 0 Å². The van der Waals surface area contributed by atoms with Gasteiger partial charge in [0.2, 0.25) is 0 Å². The molecule has 0 bridgehead atoms. The molecule has 0 aliphatic carbocycles.